The van der Waals surface area contributed by atoms with E-state index in [4.69, 9.17) is 0 Å². The predicted octanol–water partition coefficient (Wildman–Crippen LogP) is 9.27. The molecule has 4 aromatic carbocycles. The smallest absolute Gasteiger partial charge is 0.0462 e. The zero-order valence-corrected chi connectivity index (χ0v) is 19.8. The summed E-state index contributed by atoms with van der Waals surface area (Å²) in [7, 11) is 0. The van der Waals surface area contributed by atoms with Gasteiger partial charge < -0.3 is 4.90 Å². The first-order chi connectivity index (χ1) is 15.5. The lowest BCUT2D eigenvalue weighted by Gasteiger charge is -2.26. The summed E-state index contributed by atoms with van der Waals surface area (Å²) in [5.74, 6) is 0. The molecule has 0 unspecified atom stereocenters. The Bertz CT molecular complexity index is 1330. The summed E-state index contributed by atoms with van der Waals surface area (Å²) in [6.45, 7) is 8.65. The van der Waals surface area contributed by atoms with Gasteiger partial charge in [-0.3, -0.25) is 0 Å². The molecule has 0 atom stereocenters. The third-order valence-electron chi connectivity index (χ3n) is 6.02. The van der Waals surface area contributed by atoms with E-state index in [0.717, 1.165) is 5.69 Å². The molecule has 0 amide bonds. The first-order valence-electron chi connectivity index (χ1n) is 11.0. The second-order valence-corrected chi connectivity index (χ2v) is 9.84. The molecule has 2 heteroatoms. The molecule has 0 radical (unpaired) electrons. The fraction of sp³-hybridized carbons (Fsp3) is 0.133. The van der Waals surface area contributed by atoms with Gasteiger partial charge in [-0.2, -0.15) is 0 Å². The maximum atomic E-state index is 2.32. The van der Waals surface area contributed by atoms with Gasteiger partial charge >= 0.3 is 0 Å². The molecule has 0 N–H and O–H groups in total. The van der Waals surface area contributed by atoms with E-state index < -0.39 is 0 Å². The summed E-state index contributed by atoms with van der Waals surface area (Å²) in [6, 6.07) is 33.3. The van der Waals surface area contributed by atoms with Crippen LogP contribution in [0.2, 0.25) is 0 Å². The van der Waals surface area contributed by atoms with E-state index in [-0.39, 0.29) is 0 Å². The minimum absolute atomic E-state index is 1.16. The van der Waals surface area contributed by atoms with Crippen LogP contribution in [-0.4, -0.2) is 0 Å². The van der Waals surface area contributed by atoms with Crippen LogP contribution in [0.15, 0.2) is 91.0 Å². The molecule has 0 saturated carbocycles. The number of hydrogen-bond donors (Lipinski definition) is 0. The van der Waals surface area contributed by atoms with Crippen molar-refractivity contribution >= 4 is 38.5 Å². The van der Waals surface area contributed by atoms with Crippen molar-refractivity contribution < 1.29 is 0 Å². The van der Waals surface area contributed by atoms with Crippen molar-refractivity contribution in [3.05, 3.63) is 113 Å². The molecule has 0 saturated heterocycles. The molecule has 32 heavy (non-hydrogen) atoms. The Kier molecular flexibility index (Phi) is 5.32. The van der Waals surface area contributed by atoms with E-state index >= 15 is 0 Å². The first kappa shape index (κ1) is 20.5. The van der Waals surface area contributed by atoms with Crippen molar-refractivity contribution in [2.75, 3.05) is 4.90 Å². The van der Waals surface area contributed by atoms with Crippen LogP contribution in [-0.2, 0) is 0 Å². The van der Waals surface area contributed by atoms with Gasteiger partial charge in [0.05, 0.1) is 0 Å². The highest BCUT2D eigenvalue weighted by molar-refractivity contribution is 7.19. The molecule has 0 bridgehead atoms. The molecule has 0 aliphatic carbocycles. The highest BCUT2D eigenvalue weighted by atomic mass is 32.1. The molecular formula is C30H27NS. The van der Waals surface area contributed by atoms with E-state index in [1.165, 1.54) is 54.2 Å². The lowest BCUT2D eigenvalue weighted by atomic mass is 10.0. The highest BCUT2D eigenvalue weighted by Gasteiger charge is 2.15. The number of rotatable bonds is 4. The first-order valence-corrected chi connectivity index (χ1v) is 11.8. The maximum absolute atomic E-state index is 2.32. The molecule has 5 aromatic rings. The van der Waals surface area contributed by atoms with Crippen LogP contribution >= 0.6 is 11.3 Å². The number of hydrogen-bond acceptors (Lipinski definition) is 2. The van der Waals surface area contributed by atoms with Gasteiger partial charge in [-0.25, -0.2) is 0 Å². The van der Waals surface area contributed by atoms with E-state index in [1.54, 1.807) is 0 Å². The summed E-state index contributed by atoms with van der Waals surface area (Å²) in [4.78, 5) is 3.69. The molecule has 5 rings (SSSR count). The largest absolute Gasteiger partial charge is 0.311 e. The Morgan fingerprint density at radius 2 is 1.00 bits per heavy atom. The minimum atomic E-state index is 1.16. The van der Waals surface area contributed by atoms with E-state index in [9.17, 15) is 0 Å². The summed E-state index contributed by atoms with van der Waals surface area (Å²) >= 11 is 1.88. The fourth-order valence-electron chi connectivity index (χ4n) is 4.30. The van der Waals surface area contributed by atoms with Gasteiger partial charge in [0.15, 0.2) is 0 Å². The molecule has 0 fully saturated rings. The molecule has 1 heterocycles. The number of fused-ring (bicyclic) bond motifs is 1. The maximum Gasteiger partial charge on any atom is 0.0462 e. The molecule has 1 nitrogen and oxygen atoms in total. The lowest BCUT2D eigenvalue weighted by Crippen LogP contribution is -2.09. The Labute approximate surface area is 194 Å². The van der Waals surface area contributed by atoms with Gasteiger partial charge in [0, 0.05) is 37.6 Å². The number of aryl methyl sites for hydroxylation is 4. The van der Waals surface area contributed by atoms with Crippen LogP contribution in [0.3, 0.4) is 0 Å². The van der Waals surface area contributed by atoms with Crippen molar-refractivity contribution in [2.45, 2.75) is 27.7 Å². The summed E-state index contributed by atoms with van der Waals surface area (Å²) in [5.41, 5.74) is 9.97. The standard InChI is InChI=1S/C30H27NS/c1-20-5-12-25(13-6-20)31(26-14-7-21(2)8-15-26)27-16-10-24(11-17-27)30-23(4)32-29-19-22(3)9-18-28(29)30/h5-19H,1-4H3. The van der Waals surface area contributed by atoms with Gasteiger partial charge in [-0.1, -0.05) is 59.7 Å². The lowest BCUT2D eigenvalue weighted by molar-refractivity contribution is 1.27. The zero-order valence-electron chi connectivity index (χ0n) is 19.0. The predicted molar refractivity (Wildman–Crippen MR) is 141 cm³/mol. The zero-order chi connectivity index (χ0) is 22.2. The molecule has 0 aliphatic rings. The normalized spacial score (nSPS) is 11.1. The Hall–Kier alpha value is -3.36. The van der Waals surface area contributed by atoms with Gasteiger partial charge in [0.2, 0.25) is 0 Å². The molecule has 158 valence electrons. The fourth-order valence-corrected chi connectivity index (χ4v) is 5.48. The monoisotopic (exact) mass is 433 g/mol. The second-order valence-electron chi connectivity index (χ2n) is 8.59. The average molecular weight is 434 g/mol. The van der Waals surface area contributed by atoms with Crippen LogP contribution in [0.5, 0.6) is 0 Å². The highest BCUT2D eigenvalue weighted by Crippen LogP contribution is 2.41. The number of thiophene rings is 1. The quantitative estimate of drug-likeness (QED) is 0.273. The molecular weight excluding hydrogens is 406 g/mol. The molecule has 0 spiro atoms. The molecule has 1 aromatic heterocycles. The van der Waals surface area contributed by atoms with E-state index in [0.29, 0.717) is 0 Å². The van der Waals surface area contributed by atoms with Crippen LogP contribution in [0.1, 0.15) is 21.6 Å². The van der Waals surface area contributed by atoms with Gasteiger partial charge in [-0.15, -0.1) is 11.3 Å². The summed E-state index contributed by atoms with van der Waals surface area (Å²) < 4.78 is 1.36. The average Bonchev–Trinajstić information content (AvgIpc) is 3.12. The SMILES string of the molecule is Cc1ccc(N(c2ccc(C)cc2)c2ccc(-c3c(C)sc4cc(C)ccc34)cc2)cc1. The van der Waals surface area contributed by atoms with Crippen LogP contribution < -0.4 is 4.90 Å². The summed E-state index contributed by atoms with van der Waals surface area (Å²) in [6.07, 6.45) is 0. The van der Waals surface area contributed by atoms with Crippen molar-refractivity contribution in [3.8, 4) is 11.1 Å². The topological polar surface area (TPSA) is 3.24 Å². The van der Waals surface area contributed by atoms with Gasteiger partial charge in [-0.05, 0) is 81.3 Å². The van der Waals surface area contributed by atoms with Gasteiger partial charge in [0.1, 0.15) is 0 Å². The number of nitrogens with zero attached hydrogens (tertiary/aromatic N) is 1. The third-order valence-corrected chi connectivity index (χ3v) is 7.09. The van der Waals surface area contributed by atoms with Crippen LogP contribution in [0, 0.1) is 27.7 Å². The molecule has 0 aliphatic heterocycles. The Morgan fingerprint density at radius 3 is 1.53 bits per heavy atom. The minimum Gasteiger partial charge on any atom is -0.311 e. The number of anilines is 3. The van der Waals surface area contributed by atoms with E-state index in [2.05, 4.69) is 124 Å². The third kappa shape index (κ3) is 3.83. The second kappa shape index (κ2) is 8.29. The van der Waals surface area contributed by atoms with Crippen LogP contribution in [0.25, 0.3) is 21.2 Å². The summed E-state index contributed by atoms with van der Waals surface area (Å²) in [5, 5.41) is 1.35. The Morgan fingerprint density at radius 1 is 0.531 bits per heavy atom. The van der Waals surface area contributed by atoms with Crippen molar-refractivity contribution in [1.29, 1.82) is 0 Å². The van der Waals surface area contributed by atoms with Crippen molar-refractivity contribution in [2.24, 2.45) is 0 Å². The van der Waals surface area contributed by atoms with E-state index in [1.807, 2.05) is 11.3 Å². The number of benzene rings is 4. The van der Waals surface area contributed by atoms with Crippen molar-refractivity contribution in [1.82, 2.24) is 0 Å². The van der Waals surface area contributed by atoms with Crippen molar-refractivity contribution in [3.63, 3.8) is 0 Å². The van der Waals surface area contributed by atoms with Gasteiger partial charge in [0.25, 0.3) is 0 Å². The Balaban J connectivity index is 1.59. The van der Waals surface area contributed by atoms with Crippen LogP contribution in [0.4, 0.5) is 17.1 Å².